The highest BCUT2D eigenvalue weighted by Crippen LogP contribution is 2.29. The number of halogens is 2. The molecule has 0 amide bonds. The molecule has 2 heterocycles. The van der Waals surface area contributed by atoms with Gasteiger partial charge < -0.3 is 4.74 Å². The van der Waals surface area contributed by atoms with Crippen molar-refractivity contribution in [2.24, 2.45) is 0 Å². The number of hydrogen-bond acceptors (Lipinski definition) is 5. The van der Waals surface area contributed by atoms with E-state index in [2.05, 4.69) is 4.98 Å². The first-order valence-electron chi connectivity index (χ1n) is 11.4. The Hall–Kier alpha value is -2.81. The normalized spacial score (nSPS) is 15.1. The molecule has 0 bridgehead atoms. The lowest BCUT2D eigenvalue weighted by atomic mass is 10.0. The maximum atomic E-state index is 13.2. The molecule has 0 aliphatic carbocycles. The third-order valence-electron chi connectivity index (χ3n) is 5.97. The minimum absolute atomic E-state index is 0.0905. The van der Waals surface area contributed by atoms with Crippen LogP contribution >= 0.6 is 11.6 Å². The van der Waals surface area contributed by atoms with Crippen molar-refractivity contribution in [3.8, 4) is 5.75 Å². The number of rotatable bonds is 9. The van der Waals surface area contributed by atoms with E-state index >= 15 is 0 Å². The number of hydrogen-bond donors (Lipinski definition) is 0. The molecular weight excluding hydrogens is 491 g/mol. The maximum Gasteiger partial charge on any atom is 0.243 e. The first-order chi connectivity index (χ1) is 16.8. The number of nitrogens with zero attached hydrogens (tertiary/aromatic N) is 2. The molecule has 6 nitrogen and oxygen atoms in total. The van der Waals surface area contributed by atoms with Gasteiger partial charge in [0.2, 0.25) is 10.0 Å². The van der Waals surface area contributed by atoms with Gasteiger partial charge in [0.1, 0.15) is 23.5 Å². The highest BCUT2D eigenvalue weighted by Gasteiger charge is 2.30. The van der Waals surface area contributed by atoms with Crippen LogP contribution < -0.4 is 4.74 Å². The molecule has 0 saturated carbocycles. The second kappa shape index (κ2) is 11.3. The summed E-state index contributed by atoms with van der Waals surface area (Å²) in [6.45, 7) is 0.612. The maximum absolute atomic E-state index is 13.2. The van der Waals surface area contributed by atoms with Crippen molar-refractivity contribution in [3.63, 3.8) is 0 Å². The van der Waals surface area contributed by atoms with Crippen molar-refractivity contribution < 1.29 is 22.3 Å². The number of carbonyl (C=O) groups excluding carboxylic acids is 1. The number of Topliss-reactive ketones (excluding diaryl/α,β-unsaturated/α-hetero) is 1. The summed E-state index contributed by atoms with van der Waals surface area (Å²) in [4.78, 5) is 16.6. The molecule has 1 fully saturated rings. The van der Waals surface area contributed by atoms with Crippen molar-refractivity contribution in [2.75, 3.05) is 13.1 Å². The second-order valence-corrected chi connectivity index (χ2v) is 10.9. The summed E-state index contributed by atoms with van der Waals surface area (Å²) in [5.41, 5.74) is 1.79. The quantitative estimate of drug-likeness (QED) is 0.406. The van der Waals surface area contributed by atoms with E-state index in [1.807, 2.05) is 12.1 Å². The fraction of sp³-hybridized carbons (Fsp3) is 0.308. The molecule has 184 valence electrons. The molecule has 1 aliphatic heterocycles. The van der Waals surface area contributed by atoms with E-state index < -0.39 is 15.8 Å². The van der Waals surface area contributed by atoms with E-state index in [-0.39, 0.29) is 28.2 Å². The van der Waals surface area contributed by atoms with Gasteiger partial charge in [0.05, 0.1) is 9.92 Å². The number of ether oxygens (including phenoxy) is 1. The Bertz CT molecular complexity index is 1260. The number of piperidine rings is 1. The Kier molecular flexibility index (Phi) is 8.15. The first kappa shape index (κ1) is 25.3. The predicted molar refractivity (Wildman–Crippen MR) is 132 cm³/mol. The minimum Gasteiger partial charge on any atom is -0.489 e. The molecule has 0 atom stereocenters. The molecule has 35 heavy (non-hydrogen) atoms. The van der Waals surface area contributed by atoms with Crippen molar-refractivity contribution in [1.29, 1.82) is 0 Å². The minimum atomic E-state index is -3.65. The summed E-state index contributed by atoms with van der Waals surface area (Å²) in [6, 6.07) is 14.2. The Labute approximate surface area is 209 Å². The summed E-state index contributed by atoms with van der Waals surface area (Å²) in [7, 11) is -3.65. The molecule has 1 aromatic heterocycles. The van der Waals surface area contributed by atoms with Gasteiger partial charge >= 0.3 is 0 Å². The molecule has 0 N–H and O–H groups in total. The molecular formula is C26H26ClFN2O4S. The first-order valence-corrected chi connectivity index (χ1v) is 13.2. The number of aryl methyl sites for hydroxylation is 1. The topological polar surface area (TPSA) is 76.6 Å². The molecule has 3 aromatic rings. The van der Waals surface area contributed by atoms with Gasteiger partial charge in [-0.3, -0.25) is 9.78 Å². The van der Waals surface area contributed by atoms with Crippen LogP contribution in [0.2, 0.25) is 5.02 Å². The summed E-state index contributed by atoms with van der Waals surface area (Å²) < 4.78 is 46.7. The zero-order valence-electron chi connectivity index (χ0n) is 19.1. The zero-order valence-corrected chi connectivity index (χ0v) is 20.6. The summed E-state index contributed by atoms with van der Waals surface area (Å²) in [5, 5.41) is 0.190. The van der Waals surface area contributed by atoms with Crippen LogP contribution in [-0.4, -0.2) is 42.7 Å². The molecule has 1 saturated heterocycles. The van der Waals surface area contributed by atoms with Crippen LogP contribution in [0.1, 0.15) is 30.4 Å². The van der Waals surface area contributed by atoms with Gasteiger partial charge in [-0.15, -0.1) is 0 Å². The van der Waals surface area contributed by atoms with Crippen LogP contribution in [0.5, 0.6) is 5.75 Å². The molecule has 0 unspecified atom stereocenters. The third kappa shape index (κ3) is 6.66. The molecule has 9 heteroatoms. The SMILES string of the molecule is O=C(CCc1cccnc1)Cc1ccc(S(=O)(=O)N2CCC(Oc3ccc(F)cc3Cl)CC2)cc1. The Morgan fingerprint density at radius 2 is 1.83 bits per heavy atom. The summed E-state index contributed by atoms with van der Waals surface area (Å²) in [5.74, 6) is 0.0381. The lowest BCUT2D eigenvalue weighted by molar-refractivity contribution is -0.118. The largest absolute Gasteiger partial charge is 0.489 e. The number of aromatic nitrogens is 1. The predicted octanol–water partition coefficient (Wildman–Crippen LogP) is 4.85. The molecule has 2 aromatic carbocycles. The average molecular weight is 517 g/mol. The van der Waals surface area contributed by atoms with Crippen LogP contribution in [-0.2, 0) is 27.7 Å². The highest BCUT2D eigenvalue weighted by molar-refractivity contribution is 7.89. The fourth-order valence-corrected chi connectivity index (χ4v) is 5.70. The zero-order chi connectivity index (χ0) is 24.8. The molecule has 0 radical (unpaired) electrons. The molecule has 1 aliphatic rings. The Balaban J connectivity index is 1.29. The van der Waals surface area contributed by atoms with Crippen LogP contribution in [0, 0.1) is 5.82 Å². The number of pyridine rings is 1. The van der Waals surface area contributed by atoms with Crippen molar-refractivity contribution in [3.05, 3.63) is 89.0 Å². The van der Waals surface area contributed by atoms with Gasteiger partial charge in [0.15, 0.2) is 0 Å². The Morgan fingerprint density at radius 3 is 2.49 bits per heavy atom. The van der Waals surface area contributed by atoms with E-state index in [9.17, 15) is 17.6 Å². The van der Waals surface area contributed by atoms with Crippen LogP contribution in [0.4, 0.5) is 4.39 Å². The van der Waals surface area contributed by atoms with E-state index in [0.29, 0.717) is 44.5 Å². The van der Waals surface area contributed by atoms with Gasteiger partial charge in [0, 0.05) is 38.3 Å². The van der Waals surface area contributed by atoms with Gasteiger partial charge in [-0.1, -0.05) is 29.8 Å². The highest BCUT2D eigenvalue weighted by atomic mass is 35.5. The van der Waals surface area contributed by atoms with Crippen molar-refractivity contribution >= 4 is 27.4 Å². The van der Waals surface area contributed by atoms with Crippen LogP contribution in [0.25, 0.3) is 0 Å². The van der Waals surface area contributed by atoms with E-state index in [1.165, 1.54) is 22.5 Å². The third-order valence-corrected chi connectivity index (χ3v) is 8.17. The number of ketones is 1. The monoisotopic (exact) mass is 516 g/mol. The van der Waals surface area contributed by atoms with Crippen LogP contribution in [0.15, 0.2) is 71.9 Å². The lowest BCUT2D eigenvalue weighted by Crippen LogP contribution is -2.41. The summed E-state index contributed by atoms with van der Waals surface area (Å²) in [6.07, 6.45) is 5.53. The van der Waals surface area contributed by atoms with Gasteiger partial charge in [-0.05, 0) is 66.8 Å². The summed E-state index contributed by atoms with van der Waals surface area (Å²) >= 11 is 6.02. The number of sulfonamides is 1. The van der Waals surface area contributed by atoms with Crippen LogP contribution in [0.3, 0.4) is 0 Å². The average Bonchev–Trinajstić information content (AvgIpc) is 2.86. The lowest BCUT2D eigenvalue weighted by Gasteiger charge is -2.31. The van der Waals surface area contributed by atoms with E-state index in [4.69, 9.17) is 16.3 Å². The van der Waals surface area contributed by atoms with Crippen molar-refractivity contribution in [2.45, 2.75) is 43.1 Å². The Morgan fingerprint density at radius 1 is 1.09 bits per heavy atom. The number of carbonyl (C=O) groups is 1. The molecule has 0 spiro atoms. The van der Waals surface area contributed by atoms with Gasteiger partial charge in [-0.2, -0.15) is 4.31 Å². The standard InChI is InChI=1S/C26H26ClFN2O4S/c27-25-17-21(28)6-10-26(25)34-23-11-14-30(15-12-23)35(32,33)24-8-4-19(5-9-24)16-22(31)7-3-20-2-1-13-29-18-20/h1-2,4-6,8-10,13,17-18,23H,3,7,11-12,14-16H2. The van der Waals surface area contributed by atoms with Crippen molar-refractivity contribution in [1.82, 2.24) is 9.29 Å². The fourth-order valence-electron chi connectivity index (χ4n) is 4.01. The molecule has 4 rings (SSSR count). The van der Waals surface area contributed by atoms with Gasteiger partial charge in [0.25, 0.3) is 0 Å². The van der Waals surface area contributed by atoms with E-state index in [1.54, 1.807) is 36.7 Å². The van der Waals surface area contributed by atoms with Gasteiger partial charge in [-0.25, -0.2) is 12.8 Å². The second-order valence-electron chi connectivity index (χ2n) is 8.52. The number of benzene rings is 2. The smallest absolute Gasteiger partial charge is 0.243 e. The van der Waals surface area contributed by atoms with E-state index in [0.717, 1.165) is 11.1 Å².